The Kier molecular flexibility index (Phi) is 4.44. The van der Waals surface area contributed by atoms with Crippen molar-refractivity contribution in [2.45, 2.75) is 13.0 Å². The largest absolute Gasteiger partial charge is 0.485 e. The van der Waals surface area contributed by atoms with Gasteiger partial charge in [-0.05, 0) is 12.1 Å². The number of benzene rings is 1. The van der Waals surface area contributed by atoms with Crippen LogP contribution in [0.4, 0.5) is 0 Å². The number of ether oxygens (including phenoxy) is 2. The van der Waals surface area contributed by atoms with Gasteiger partial charge in [-0.2, -0.15) is 0 Å². The second-order valence-electron chi connectivity index (χ2n) is 4.89. The van der Waals surface area contributed by atoms with Gasteiger partial charge in [0.1, 0.15) is 6.61 Å². The number of likely N-dealkylation sites (N-methyl/N-ethyl adjacent to an activating group) is 1. The van der Waals surface area contributed by atoms with Crippen LogP contribution in [0.25, 0.3) is 0 Å². The molecule has 1 amide bonds. The summed E-state index contributed by atoms with van der Waals surface area (Å²) in [7, 11) is 1.71. The maximum atomic E-state index is 12.3. The molecule has 0 aromatic heterocycles. The van der Waals surface area contributed by atoms with Crippen molar-refractivity contribution in [2.24, 2.45) is 11.7 Å². The Balaban J connectivity index is 1.99. The third kappa shape index (κ3) is 3.19. The molecule has 1 aromatic rings. The van der Waals surface area contributed by atoms with Gasteiger partial charge >= 0.3 is 0 Å². The summed E-state index contributed by atoms with van der Waals surface area (Å²) in [5.74, 6) is 1.09. The van der Waals surface area contributed by atoms with Gasteiger partial charge in [-0.3, -0.25) is 4.79 Å². The predicted octanol–water partition coefficient (Wildman–Crippen LogP) is 1.21. The molecule has 6 heteroatoms. The Bertz CT molecular complexity index is 521. The van der Waals surface area contributed by atoms with E-state index in [0.29, 0.717) is 23.0 Å². The van der Waals surface area contributed by atoms with Gasteiger partial charge in [-0.15, -0.1) is 0 Å². The quantitative estimate of drug-likeness (QED) is 0.846. The van der Waals surface area contributed by atoms with Crippen LogP contribution in [-0.2, 0) is 4.79 Å². The number of para-hydroxylation sites is 2. The summed E-state index contributed by atoms with van der Waals surface area (Å²) in [6, 6.07) is 7.30. The summed E-state index contributed by atoms with van der Waals surface area (Å²) >= 11 is 4.92. The molecule has 2 rings (SSSR count). The predicted molar refractivity (Wildman–Crippen MR) is 79.9 cm³/mol. The maximum Gasteiger partial charge on any atom is 0.267 e. The first-order valence-electron chi connectivity index (χ1n) is 6.42. The standard InChI is InChI=1S/C14H18N2O3S/c1-9(13(15)20)7-16(2)14(17)12-8-18-10-5-3-4-6-11(10)19-12/h3-6,9,12H,7-8H2,1-2H3,(H2,15,20). The van der Waals surface area contributed by atoms with Crippen LogP contribution >= 0.6 is 12.2 Å². The number of hydrogen-bond donors (Lipinski definition) is 1. The van der Waals surface area contributed by atoms with Crippen LogP contribution in [0.5, 0.6) is 11.5 Å². The Labute approximate surface area is 123 Å². The van der Waals surface area contributed by atoms with Crippen LogP contribution in [0.1, 0.15) is 6.92 Å². The monoisotopic (exact) mass is 294 g/mol. The molecule has 5 nitrogen and oxygen atoms in total. The molecular formula is C14H18N2O3S. The molecule has 2 atom stereocenters. The number of amides is 1. The first-order valence-corrected chi connectivity index (χ1v) is 6.82. The SMILES string of the molecule is CC(CN(C)C(=O)C1COc2ccccc2O1)C(N)=S. The minimum Gasteiger partial charge on any atom is -0.485 e. The molecule has 0 radical (unpaired) electrons. The van der Waals surface area contributed by atoms with Gasteiger partial charge < -0.3 is 20.1 Å². The number of carbonyl (C=O) groups is 1. The first-order chi connectivity index (χ1) is 9.49. The highest BCUT2D eigenvalue weighted by Crippen LogP contribution is 2.31. The van der Waals surface area contributed by atoms with Gasteiger partial charge in [0.05, 0.1) is 4.99 Å². The van der Waals surface area contributed by atoms with Crippen molar-refractivity contribution in [3.8, 4) is 11.5 Å². The van der Waals surface area contributed by atoms with Crippen LogP contribution in [-0.4, -0.2) is 42.1 Å². The molecule has 0 bridgehead atoms. The molecule has 1 aliphatic heterocycles. The molecule has 0 fully saturated rings. The van der Waals surface area contributed by atoms with Gasteiger partial charge in [0, 0.05) is 19.5 Å². The lowest BCUT2D eigenvalue weighted by Crippen LogP contribution is -2.46. The van der Waals surface area contributed by atoms with Gasteiger partial charge in [0.15, 0.2) is 11.5 Å². The van der Waals surface area contributed by atoms with Crippen molar-refractivity contribution < 1.29 is 14.3 Å². The van der Waals surface area contributed by atoms with Crippen LogP contribution in [0.2, 0.25) is 0 Å². The van der Waals surface area contributed by atoms with Gasteiger partial charge in [0.2, 0.25) is 6.10 Å². The fraction of sp³-hybridized carbons (Fsp3) is 0.429. The Morgan fingerprint density at radius 1 is 1.50 bits per heavy atom. The molecule has 1 heterocycles. The molecule has 0 aliphatic carbocycles. The summed E-state index contributed by atoms with van der Waals surface area (Å²) in [6.45, 7) is 2.57. The normalized spacial score (nSPS) is 18.2. The zero-order valence-electron chi connectivity index (χ0n) is 11.5. The van der Waals surface area contributed by atoms with Crippen molar-refractivity contribution >= 4 is 23.1 Å². The minimum absolute atomic E-state index is 0.0317. The molecule has 1 aromatic carbocycles. The lowest BCUT2D eigenvalue weighted by molar-refractivity contribution is -0.140. The molecule has 1 aliphatic rings. The topological polar surface area (TPSA) is 64.8 Å². The summed E-state index contributed by atoms with van der Waals surface area (Å²) in [4.78, 5) is 14.3. The highest BCUT2D eigenvalue weighted by atomic mass is 32.1. The molecule has 0 saturated heterocycles. The Hall–Kier alpha value is -1.82. The molecular weight excluding hydrogens is 276 g/mol. The highest BCUT2D eigenvalue weighted by Gasteiger charge is 2.30. The molecule has 0 spiro atoms. The van der Waals surface area contributed by atoms with E-state index < -0.39 is 6.10 Å². The Morgan fingerprint density at radius 3 is 2.80 bits per heavy atom. The van der Waals surface area contributed by atoms with Crippen LogP contribution in [0, 0.1) is 5.92 Å². The fourth-order valence-corrected chi connectivity index (χ4v) is 2.05. The number of nitrogens with two attached hydrogens (primary N) is 1. The van der Waals surface area contributed by atoms with Crippen molar-refractivity contribution in [1.29, 1.82) is 0 Å². The van der Waals surface area contributed by atoms with Crippen LogP contribution in [0.15, 0.2) is 24.3 Å². The smallest absolute Gasteiger partial charge is 0.267 e. The minimum atomic E-state index is -0.631. The number of fused-ring (bicyclic) bond motifs is 1. The van der Waals surface area contributed by atoms with E-state index in [-0.39, 0.29) is 18.4 Å². The second kappa shape index (κ2) is 6.09. The van der Waals surface area contributed by atoms with E-state index in [1.54, 1.807) is 18.0 Å². The van der Waals surface area contributed by atoms with Crippen molar-refractivity contribution in [1.82, 2.24) is 4.90 Å². The average molecular weight is 294 g/mol. The first kappa shape index (κ1) is 14.6. The van der Waals surface area contributed by atoms with Gasteiger partial charge in [-0.25, -0.2) is 0 Å². The van der Waals surface area contributed by atoms with E-state index >= 15 is 0 Å². The summed E-state index contributed by atoms with van der Waals surface area (Å²) in [5.41, 5.74) is 5.56. The lowest BCUT2D eigenvalue weighted by atomic mass is 10.1. The molecule has 2 N–H and O–H groups in total. The number of carbonyl (C=O) groups excluding carboxylic acids is 1. The molecule has 2 unspecified atom stereocenters. The van der Waals surface area contributed by atoms with E-state index in [0.717, 1.165) is 0 Å². The summed E-state index contributed by atoms with van der Waals surface area (Å²) < 4.78 is 11.2. The van der Waals surface area contributed by atoms with Crippen molar-refractivity contribution in [3.05, 3.63) is 24.3 Å². The maximum absolute atomic E-state index is 12.3. The molecule has 108 valence electrons. The van der Waals surface area contributed by atoms with E-state index in [1.807, 2.05) is 25.1 Å². The zero-order chi connectivity index (χ0) is 14.7. The Morgan fingerprint density at radius 2 is 2.15 bits per heavy atom. The van der Waals surface area contributed by atoms with Crippen LogP contribution in [0.3, 0.4) is 0 Å². The van der Waals surface area contributed by atoms with Crippen LogP contribution < -0.4 is 15.2 Å². The van der Waals surface area contributed by atoms with E-state index in [2.05, 4.69) is 0 Å². The number of rotatable bonds is 4. The third-order valence-electron chi connectivity index (χ3n) is 3.19. The van der Waals surface area contributed by atoms with Gasteiger partial charge in [-0.1, -0.05) is 31.3 Å². The summed E-state index contributed by atoms with van der Waals surface area (Å²) in [6.07, 6.45) is -0.631. The zero-order valence-corrected chi connectivity index (χ0v) is 12.4. The van der Waals surface area contributed by atoms with E-state index in [1.165, 1.54) is 0 Å². The van der Waals surface area contributed by atoms with E-state index in [4.69, 9.17) is 27.4 Å². The summed E-state index contributed by atoms with van der Waals surface area (Å²) in [5, 5.41) is 0. The number of nitrogens with zero attached hydrogens (tertiary/aromatic N) is 1. The number of thiocarbonyl (C=S) groups is 1. The lowest BCUT2D eigenvalue weighted by Gasteiger charge is -2.29. The van der Waals surface area contributed by atoms with E-state index in [9.17, 15) is 4.79 Å². The van der Waals surface area contributed by atoms with Gasteiger partial charge in [0.25, 0.3) is 5.91 Å². The van der Waals surface area contributed by atoms with Crippen molar-refractivity contribution in [2.75, 3.05) is 20.2 Å². The number of hydrogen-bond acceptors (Lipinski definition) is 4. The molecule has 20 heavy (non-hydrogen) atoms. The average Bonchev–Trinajstić information content (AvgIpc) is 2.45. The third-order valence-corrected chi connectivity index (χ3v) is 3.60. The second-order valence-corrected chi connectivity index (χ2v) is 5.36. The van der Waals surface area contributed by atoms with Crippen molar-refractivity contribution in [3.63, 3.8) is 0 Å². The molecule has 0 saturated carbocycles. The highest BCUT2D eigenvalue weighted by molar-refractivity contribution is 7.80. The fourth-order valence-electron chi connectivity index (χ4n) is 1.98.